The van der Waals surface area contributed by atoms with Crippen LogP contribution in [-0.2, 0) is 4.74 Å². The van der Waals surface area contributed by atoms with Gasteiger partial charge in [0, 0.05) is 17.7 Å². The van der Waals surface area contributed by atoms with E-state index in [-0.39, 0.29) is 17.9 Å². The zero-order valence-corrected chi connectivity index (χ0v) is 12.6. The topological polar surface area (TPSA) is 70.5 Å². The molecule has 0 N–H and O–H groups in total. The number of aromatic nitrogens is 2. The number of nitrogens with zero attached hydrogens (tertiary/aromatic N) is 2. The number of esters is 1. The molecule has 2 aromatic rings. The Hall–Kier alpha value is -2.63. The van der Waals surface area contributed by atoms with Crippen LogP contribution in [0.1, 0.15) is 34.5 Å². The van der Waals surface area contributed by atoms with E-state index in [1.54, 1.807) is 12.1 Å². The number of carbonyl (C=O) groups excluding carboxylic acids is 1. The van der Waals surface area contributed by atoms with E-state index in [4.69, 9.17) is 14.2 Å². The third-order valence-electron chi connectivity index (χ3n) is 3.48. The lowest BCUT2D eigenvalue weighted by Gasteiger charge is -2.23. The lowest BCUT2D eigenvalue weighted by atomic mass is 9.93. The van der Waals surface area contributed by atoms with Crippen LogP contribution in [0.2, 0.25) is 0 Å². The van der Waals surface area contributed by atoms with Crippen LogP contribution in [0, 0.1) is 6.92 Å². The van der Waals surface area contributed by atoms with Gasteiger partial charge in [-0.15, -0.1) is 0 Å². The number of carbonyl (C=O) groups is 1. The second-order valence-electron chi connectivity index (χ2n) is 5.16. The van der Waals surface area contributed by atoms with Crippen LogP contribution < -0.4 is 9.47 Å². The molecule has 6 heteroatoms. The second-order valence-corrected chi connectivity index (χ2v) is 5.16. The van der Waals surface area contributed by atoms with Crippen molar-refractivity contribution in [3.63, 3.8) is 0 Å². The maximum atomic E-state index is 12.1. The van der Waals surface area contributed by atoms with Crippen LogP contribution >= 0.6 is 0 Å². The van der Waals surface area contributed by atoms with Crippen molar-refractivity contribution >= 4 is 5.97 Å². The Morgan fingerprint density at radius 2 is 2.14 bits per heavy atom. The molecule has 0 spiro atoms. The molecule has 0 bridgehead atoms. The monoisotopic (exact) mass is 300 g/mol. The van der Waals surface area contributed by atoms with Crippen molar-refractivity contribution in [2.24, 2.45) is 0 Å². The van der Waals surface area contributed by atoms with Crippen molar-refractivity contribution in [2.75, 3.05) is 13.7 Å². The van der Waals surface area contributed by atoms with Gasteiger partial charge in [0.25, 0.3) is 0 Å². The highest BCUT2D eigenvalue weighted by Gasteiger charge is 2.28. The van der Waals surface area contributed by atoms with Gasteiger partial charge in [0.05, 0.1) is 13.7 Å². The predicted octanol–water partition coefficient (Wildman–Crippen LogP) is 2.86. The molecule has 1 aliphatic rings. The summed E-state index contributed by atoms with van der Waals surface area (Å²) in [5, 5.41) is 0. The number of cyclic esters (lactones) is 1. The zero-order valence-electron chi connectivity index (χ0n) is 12.6. The number of hydrogen-bond donors (Lipinski definition) is 0. The fourth-order valence-electron chi connectivity index (χ4n) is 2.39. The van der Waals surface area contributed by atoms with Gasteiger partial charge >= 0.3 is 12.0 Å². The normalized spacial score (nSPS) is 16.7. The van der Waals surface area contributed by atoms with Gasteiger partial charge in [0.15, 0.2) is 0 Å². The van der Waals surface area contributed by atoms with Gasteiger partial charge in [-0.25, -0.2) is 4.79 Å². The predicted molar refractivity (Wildman–Crippen MR) is 78.5 cm³/mol. The Labute approximate surface area is 128 Å². The number of hydrogen-bond acceptors (Lipinski definition) is 6. The van der Waals surface area contributed by atoms with E-state index < -0.39 is 0 Å². The first-order valence-corrected chi connectivity index (χ1v) is 6.96. The van der Waals surface area contributed by atoms with E-state index >= 15 is 0 Å². The number of methoxy groups -OCH3 is 1. The fourth-order valence-corrected chi connectivity index (χ4v) is 2.39. The maximum absolute atomic E-state index is 12.1. The summed E-state index contributed by atoms with van der Waals surface area (Å²) in [5.74, 6) is 0.539. The summed E-state index contributed by atoms with van der Waals surface area (Å²) in [5.41, 5.74) is 2.06. The number of benzene rings is 1. The van der Waals surface area contributed by atoms with Crippen molar-refractivity contribution in [1.29, 1.82) is 0 Å². The van der Waals surface area contributed by atoms with Crippen LogP contribution in [0.15, 0.2) is 24.3 Å². The van der Waals surface area contributed by atoms with Crippen LogP contribution in [-0.4, -0.2) is 29.7 Å². The van der Waals surface area contributed by atoms with Crippen molar-refractivity contribution in [3.05, 3.63) is 41.1 Å². The third-order valence-corrected chi connectivity index (χ3v) is 3.48. The number of aryl methyl sites for hydroxylation is 1. The first kappa shape index (κ1) is 14.3. The molecule has 0 aliphatic carbocycles. The molecule has 0 fully saturated rings. The van der Waals surface area contributed by atoms with Crippen LogP contribution in [0.4, 0.5) is 0 Å². The molecule has 0 saturated carbocycles. The summed E-state index contributed by atoms with van der Waals surface area (Å²) in [6.45, 7) is 4.19. The van der Waals surface area contributed by atoms with Gasteiger partial charge in [0.2, 0.25) is 5.88 Å². The van der Waals surface area contributed by atoms with Crippen molar-refractivity contribution < 1.29 is 19.0 Å². The Bertz CT molecular complexity index is 730. The Kier molecular flexibility index (Phi) is 3.66. The molecule has 6 nitrogen and oxygen atoms in total. The molecule has 22 heavy (non-hydrogen) atoms. The van der Waals surface area contributed by atoms with Crippen LogP contribution in [0.25, 0.3) is 0 Å². The minimum Gasteiger partial charge on any atom is -0.481 e. The number of fused-ring (bicyclic) bond motifs is 1. The Balaban J connectivity index is 2.02. The van der Waals surface area contributed by atoms with E-state index in [2.05, 4.69) is 9.97 Å². The van der Waals surface area contributed by atoms with Gasteiger partial charge in [0.1, 0.15) is 11.3 Å². The third kappa shape index (κ3) is 2.59. The largest absolute Gasteiger partial charge is 0.481 e. The lowest BCUT2D eigenvalue weighted by Crippen LogP contribution is -2.21. The summed E-state index contributed by atoms with van der Waals surface area (Å²) in [4.78, 5) is 20.4. The molecule has 1 aromatic carbocycles. The van der Waals surface area contributed by atoms with E-state index in [1.807, 2.05) is 26.0 Å². The average Bonchev–Trinajstić information content (AvgIpc) is 2.50. The van der Waals surface area contributed by atoms with Gasteiger partial charge in [-0.3, -0.25) is 0 Å². The molecule has 0 amide bonds. The van der Waals surface area contributed by atoms with Gasteiger partial charge in [-0.2, -0.15) is 9.97 Å². The Morgan fingerprint density at radius 1 is 1.32 bits per heavy atom. The highest BCUT2D eigenvalue weighted by atomic mass is 16.5. The lowest BCUT2D eigenvalue weighted by molar-refractivity contribution is 0.0445. The fraction of sp³-hybridized carbons (Fsp3) is 0.312. The minimum atomic E-state index is -0.386. The van der Waals surface area contributed by atoms with Gasteiger partial charge in [-0.1, -0.05) is 19.1 Å². The minimum absolute atomic E-state index is 0.129. The molecule has 1 aromatic heterocycles. The second kappa shape index (κ2) is 5.63. The molecule has 0 saturated heterocycles. The van der Waals surface area contributed by atoms with E-state index in [1.165, 1.54) is 7.11 Å². The highest BCUT2D eigenvalue weighted by molar-refractivity contribution is 5.95. The van der Waals surface area contributed by atoms with Crippen molar-refractivity contribution in [1.82, 2.24) is 9.97 Å². The van der Waals surface area contributed by atoms with E-state index in [0.29, 0.717) is 29.5 Å². The maximum Gasteiger partial charge on any atom is 0.342 e. The molecule has 0 radical (unpaired) electrons. The van der Waals surface area contributed by atoms with Gasteiger partial charge < -0.3 is 14.2 Å². The first-order chi connectivity index (χ1) is 10.6. The van der Waals surface area contributed by atoms with Crippen molar-refractivity contribution in [3.8, 4) is 17.6 Å². The smallest absolute Gasteiger partial charge is 0.342 e. The number of rotatable bonds is 3. The van der Waals surface area contributed by atoms with Crippen LogP contribution in [0.5, 0.6) is 17.6 Å². The summed E-state index contributed by atoms with van der Waals surface area (Å²) in [6, 6.07) is 7.29. The molecule has 1 aliphatic heterocycles. The number of ether oxygens (including phenoxy) is 3. The Morgan fingerprint density at radius 3 is 2.91 bits per heavy atom. The molecule has 2 heterocycles. The molecular formula is C16H16N2O4. The summed E-state index contributed by atoms with van der Waals surface area (Å²) < 4.78 is 16.0. The standard InChI is InChI=1S/C16H16N2O4/c1-9-8-21-15(19)14-11(9)5-4-6-12(14)22-16-17-10(2)7-13(18-16)20-3/h4-7,9H,8H2,1-3H3. The van der Waals surface area contributed by atoms with E-state index in [9.17, 15) is 4.79 Å². The average molecular weight is 300 g/mol. The molecule has 1 atom stereocenters. The molecule has 1 unspecified atom stereocenters. The summed E-state index contributed by atoms with van der Waals surface area (Å²) in [7, 11) is 1.52. The summed E-state index contributed by atoms with van der Waals surface area (Å²) >= 11 is 0. The van der Waals surface area contributed by atoms with E-state index in [0.717, 1.165) is 5.56 Å². The SMILES string of the molecule is COc1cc(C)nc(Oc2cccc3c2C(=O)OCC3C)n1. The van der Waals surface area contributed by atoms with Crippen LogP contribution in [0.3, 0.4) is 0 Å². The molecule has 3 rings (SSSR count). The molecular weight excluding hydrogens is 284 g/mol. The summed E-state index contributed by atoms with van der Waals surface area (Å²) in [6.07, 6.45) is 0. The zero-order chi connectivity index (χ0) is 15.7. The quantitative estimate of drug-likeness (QED) is 0.812. The first-order valence-electron chi connectivity index (χ1n) is 6.96. The van der Waals surface area contributed by atoms with Crippen molar-refractivity contribution in [2.45, 2.75) is 19.8 Å². The highest BCUT2D eigenvalue weighted by Crippen LogP contribution is 2.34. The van der Waals surface area contributed by atoms with Gasteiger partial charge in [-0.05, 0) is 18.6 Å². The molecule has 114 valence electrons.